The number of aryl methyl sites for hydroxylation is 2. The first-order chi connectivity index (χ1) is 42.5. The van der Waals surface area contributed by atoms with Crippen LogP contribution in [0.1, 0.15) is 35.9 Å². The number of phenolic OH excluding ortho intramolecular Hbond substituents is 3. The van der Waals surface area contributed by atoms with E-state index in [0.717, 1.165) is 33.8 Å². The van der Waals surface area contributed by atoms with Crippen molar-refractivity contribution in [1.29, 1.82) is 10.5 Å². The lowest BCUT2D eigenvalue weighted by molar-refractivity contribution is -0.115. The molecule has 0 aliphatic heterocycles. The highest BCUT2D eigenvalue weighted by atomic mass is 35.5. The van der Waals surface area contributed by atoms with Crippen LogP contribution in [0, 0.1) is 43.1 Å². The molecule has 33 heteroatoms. The summed E-state index contributed by atoms with van der Waals surface area (Å²) in [5.41, 5.74) is 6.20. The van der Waals surface area contributed by atoms with Gasteiger partial charge in [-0.3, -0.25) is 9.78 Å². The van der Waals surface area contributed by atoms with Gasteiger partial charge in [-0.2, -0.15) is 23.6 Å². The van der Waals surface area contributed by atoms with Gasteiger partial charge in [0.05, 0.1) is 77.9 Å². The highest BCUT2D eigenvalue weighted by Crippen LogP contribution is 2.41. The largest absolute Gasteiger partial charge is 0.507 e. The van der Waals surface area contributed by atoms with Gasteiger partial charge in [-0.05, 0) is 151 Å². The second kappa shape index (κ2) is 28.5. The minimum Gasteiger partial charge on any atom is -0.507 e. The maximum Gasteiger partial charge on any atom is 0.234 e. The number of carbonyl (C=O) groups is 1. The second-order valence-electron chi connectivity index (χ2n) is 17.3. The van der Waals surface area contributed by atoms with Crippen molar-refractivity contribution in [2.75, 3.05) is 5.32 Å². The molecule has 0 saturated carbocycles. The molecule has 88 heavy (non-hydrogen) atoms. The van der Waals surface area contributed by atoms with Crippen LogP contribution in [0.3, 0.4) is 0 Å². The maximum absolute atomic E-state index is 11.5. The van der Waals surface area contributed by atoms with Crippen molar-refractivity contribution in [2.45, 2.75) is 27.2 Å². The fourth-order valence-corrected chi connectivity index (χ4v) is 10.3. The Balaban J connectivity index is 0.000000140. The van der Waals surface area contributed by atoms with Crippen molar-refractivity contribution in [1.82, 2.24) is 42.4 Å². The van der Waals surface area contributed by atoms with E-state index in [-0.39, 0.29) is 67.6 Å². The Bertz CT molecular complexity index is 4900. The summed E-state index contributed by atoms with van der Waals surface area (Å²) in [5.74, 6) is -0.393. The Hall–Kier alpha value is -10.6. The Morgan fingerprint density at radius 3 is 1.76 bits per heavy atom. The van der Waals surface area contributed by atoms with E-state index in [0.29, 0.717) is 92.9 Å². The molecule has 0 fully saturated rings. The summed E-state index contributed by atoms with van der Waals surface area (Å²) in [4.78, 5) is 35.5. The molecule has 9 heterocycles. The molecular formula is C55H34Cl3N21O5S4. The van der Waals surface area contributed by atoms with E-state index in [1.807, 2.05) is 24.3 Å². The molecule has 5 N–H and O–H groups in total. The van der Waals surface area contributed by atoms with Crippen LogP contribution in [0.5, 0.6) is 23.0 Å². The Kier molecular flexibility index (Phi) is 20.1. The molecular weight excluding hydrogens is 1270 g/mol. The quantitative estimate of drug-likeness (QED) is 0.0367. The summed E-state index contributed by atoms with van der Waals surface area (Å²) < 4.78 is 16.8. The number of benzene rings is 3. The number of anilines is 1. The highest BCUT2D eigenvalue weighted by molar-refractivity contribution is 7.12. The van der Waals surface area contributed by atoms with Crippen molar-refractivity contribution in [3.8, 4) is 35.1 Å². The number of nitriles is 2. The number of pyridine rings is 5. The van der Waals surface area contributed by atoms with E-state index in [9.17, 15) is 25.2 Å². The summed E-state index contributed by atoms with van der Waals surface area (Å²) in [6.45, 7) is 12.4. The van der Waals surface area contributed by atoms with Crippen LogP contribution >= 0.6 is 80.9 Å². The molecule has 0 unspecified atom stereocenters. The van der Waals surface area contributed by atoms with Gasteiger partial charge in [0.15, 0.2) is 59.4 Å². The first kappa shape index (κ1) is 61.9. The van der Waals surface area contributed by atoms with Crippen LogP contribution in [0.4, 0.5) is 54.3 Å². The molecule has 12 rings (SSSR count). The average Bonchev–Trinajstić information content (AvgIpc) is 3.24. The fraction of sp³-hybridized carbons (Fsp3) is 0.0727. The lowest BCUT2D eigenvalue weighted by atomic mass is 10.2. The van der Waals surface area contributed by atoms with Gasteiger partial charge < -0.3 is 25.7 Å². The second-order valence-corrected chi connectivity index (χ2v) is 21.5. The number of nitrogens with zero attached hydrogens (tertiary/aromatic N) is 20. The molecule has 0 radical (unpaired) electrons. The minimum atomic E-state index is -0.241. The lowest BCUT2D eigenvalue weighted by Gasteiger charge is -2.08. The summed E-state index contributed by atoms with van der Waals surface area (Å²) in [6, 6.07) is 27.9. The molecule has 0 aliphatic carbocycles. The summed E-state index contributed by atoms with van der Waals surface area (Å²) in [5, 5.41) is 96.8. The molecule has 26 nitrogen and oxygen atoms in total. The fourth-order valence-electron chi connectivity index (χ4n) is 7.09. The zero-order valence-corrected chi connectivity index (χ0v) is 50.5. The van der Waals surface area contributed by atoms with Gasteiger partial charge in [-0.25, -0.2) is 29.2 Å². The smallest absolute Gasteiger partial charge is 0.234 e. The van der Waals surface area contributed by atoms with Gasteiger partial charge in [-0.1, -0.05) is 41.7 Å². The number of carbonyl (C=O) groups excluding carboxylic acids is 1. The van der Waals surface area contributed by atoms with Crippen LogP contribution in [0.2, 0.25) is 15.2 Å². The standard InChI is InChI=1S/C15H12ClN5O2S.C15H8N6OS.C13H7ClN6OS.C12H7ClN4OS/c1-2-12(22)18-11-7-8(6-10(16)13(11)23)19-20-15-9-4-3-5-17-14(9)21-24-15;1-8-13(17-2)14-11(7-18-8)15(23-21-14)20-19-10-3-4-12(22)9(5-10)6-16;1-6-7(5-15)4-8-12(16-6)20-22-13(8)19-18-10-3-2-9(21)11(14)17-10;13-9-6-7(3-4-10(9)18)15-16-12-8-2-1-5-14-11(8)17-19-12/h3-7,23H,2H2,1H3,(H,18,22);3-5,7,22H,1H3;2-4,21H,1H3;1-6,18H. The number of aromatic nitrogens is 9. The number of hydrogen-bond acceptors (Lipinski definition) is 28. The SMILES string of the molecule is CCC(=O)Nc1cc(N=Nc2snc3ncccc23)cc(Cl)c1O.Cc1nc2nsc(N=Nc3ccc(O)c(Cl)n3)c2cc1C#N.Oc1ccc(N=Nc2snc3ncccc23)cc1Cl.[C-]#[N+]c1c(C)ncc2c(N=Nc3ccc(O)c(C#N)c3)snc12. The summed E-state index contributed by atoms with van der Waals surface area (Å²) in [7, 11) is 0. The van der Waals surface area contributed by atoms with E-state index in [4.69, 9.17) is 51.9 Å². The number of aromatic hydroxyl groups is 4. The van der Waals surface area contributed by atoms with Gasteiger partial charge in [0.2, 0.25) is 11.6 Å². The van der Waals surface area contributed by atoms with Crippen LogP contribution in [-0.2, 0) is 4.79 Å². The molecule has 3 aromatic carbocycles. The zero-order chi connectivity index (χ0) is 62.4. The number of fused-ring (bicyclic) bond motifs is 4. The lowest BCUT2D eigenvalue weighted by Crippen LogP contribution is -2.09. The van der Waals surface area contributed by atoms with Crippen molar-refractivity contribution < 1.29 is 25.2 Å². The molecule has 0 aliphatic rings. The predicted molar refractivity (Wildman–Crippen MR) is 336 cm³/mol. The monoisotopic (exact) mass is 1300 g/mol. The third kappa shape index (κ3) is 14.9. The van der Waals surface area contributed by atoms with Crippen molar-refractivity contribution >= 4 is 185 Å². The molecule has 0 atom stereocenters. The van der Waals surface area contributed by atoms with E-state index < -0.39 is 0 Å². The summed E-state index contributed by atoms with van der Waals surface area (Å²) >= 11 is 22.2. The number of amides is 1. The van der Waals surface area contributed by atoms with Crippen molar-refractivity contribution in [3.05, 3.63) is 159 Å². The molecule has 0 bridgehead atoms. The van der Waals surface area contributed by atoms with Crippen LogP contribution < -0.4 is 5.32 Å². The first-order valence-electron chi connectivity index (χ1n) is 24.8. The van der Waals surface area contributed by atoms with E-state index in [2.05, 4.69) is 99.6 Å². The average molecular weight is 1300 g/mol. The molecule has 0 spiro atoms. The van der Waals surface area contributed by atoms with Crippen LogP contribution in [0.25, 0.3) is 48.8 Å². The number of rotatable bonds is 10. The number of azo groups is 4. The summed E-state index contributed by atoms with van der Waals surface area (Å²) in [6.07, 6.45) is 5.24. The Morgan fingerprint density at radius 2 is 1.15 bits per heavy atom. The first-order valence-corrected chi connectivity index (χ1v) is 29.0. The molecule has 9 aromatic heterocycles. The van der Waals surface area contributed by atoms with Gasteiger partial charge in [-0.15, -0.1) is 40.9 Å². The predicted octanol–water partition coefficient (Wildman–Crippen LogP) is 17.9. The van der Waals surface area contributed by atoms with Crippen molar-refractivity contribution in [3.63, 3.8) is 0 Å². The molecule has 434 valence electrons. The van der Waals surface area contributed by atoms with Crippen LogP contribution in [-0.4, -0.2) is 68.7 Å². The highest BCUT2D eigenvalue weighted by Gasteiger charge is 2.16. The number of halogens is 3. The minimum absolute atomic E-state index is 0.0213. The number of nitrogens with one attached hydrogen (secondary N) is 1. The van der Waals surface area contributed by atoms with E-state index in [1.165, 1.54) is 65.5 Å². The van der Waals surface area contributed by atoms with Gasteiger partial charge in [0.25, 0.3) is 0 Å². The normalized spacial score (nSPS) is 11.1. The van der Waals surface area contributed by atoms with E-state index in [1.54, 1.807) is 69.7 Å². The van der Waals surface area contributed by atoms with Crippen LogP contribution in [0.15, 0.2) is 151 Å². The number of phenols is 3. The third-order valence-corrected chi connectivity index (χ3v) is 15.3. The Morgan fingerprint density at radius 1 is 0.591 bits per heavy atom. The molecule has 1 amide bonds. The maximum atomic E-state index is 11.5. The topological polar surface area (TPSA) is 377 Å². The van der Waals surface area contributed by atoms with E-state index >= 15 is 0 Å². The molecule has 12 aromatic rings. The van der Waals surface area contributed by atoms with Gasteiger partial charge >= 0.3 is 0 Å². The Labute approximate surface area is 527 Å². The number of hydrogen-bond donors (Lipinski definition) is 5. The van der Waals surface area contributed by atoms with Crippen molar-refractivity contribution in [2.24, 2.45) is 40.9 Å². The third-order valence-electron chi connectivity index (χ3n) is 11.5. The zero-order valence-electron chi connectivity index (χ0n) is 45.0. The van der Waals surface area contributed by atoms with Gasteiger partial charge in [0.1, 0.15) is 23.6 Å². The molecule has 0 saturated heterocycles. The van der Waals surface area contributed by atoms with Gasteiger partial charge in [0, 0.05) is 36.1 Å².